The van der Waals surface area contributed by atoms with Crippen molar-refractivity contribution in [3.63, 3.8) is 0 Å². The van der Waals surface area contributed by atoms with Crippen LogP contribution in [-0.4, -0.2) is 27.8 Å². The van der Waals surface area contributed by atoms with Gasteiger partial charge in [0.05, 0.1) is 12.7 Å². The molecule has 1 aliphatic heterocycles. The summed E-state index contributed by atoms with van der Waals surface area (Å²) >= 11 is 0. The number of carbonyl (C=O) groups is 1. The highest BCUT2D eigenvalue weighted by Gasteiger charge is 2.35. The summed E-state index contributed by atoms with van der Waals surface area (Å²) in [7, 11) is 1.60. The molecule has 1 aliphatic rings. The molecule has 8 nitrogen and oxygen atoms in total. The van der Waals surface area contributed by atoms with Crippen molar-refractivity contribution in [2.45, 2.75) is 33.1 Å². The number of aryl methyl sites for hydroxylation is 1. The number of ether oxygens (including phenoxy) is 3. The van der Waals surface area contributed by atoms with Crippen LogP contribution in [0.4, 0.5) is 5.95 Å². The highest BCUT2D eigenvalue weighted by molar-refractivity contribution is 5.92. The number of nitrogens with one attached hydrogen (secondary N) is 1. The Labute approximate surface area is 215 Å². The van der Waals surface area contributed by atoms with Gasteiger partial charge >= 0.3 is 5.97 Å². The van der Waals surface area contributed by atoms with Crippen LogP contribution in [0.25, 0.3) is 0 Å². The highest BCUT2D eigenvalue weighted by atomic mass is 16.5. The Balaban J connectivity index is 1.43. The SMILES string of the molecule is COc1cc(C2C(C(=O)OCc3ccccc3)=C(C)Nc3ncnn32)ccc1OCc1cccc(C)c1. The first-order valence-electron chi connectivity index (χ1n) is 12.0. The fourth-order valence-electron chi connectivity index (χ4n) is 4.40. The molecule has 188 valence electrons. The maximum absolute atomic E-state index is 13.4. The molecule has 1 N–H and O–H groups in total. The maximum atomic E-state index is 13.4. The van der Waals surface area contributed by atoms with Crippen LogP contribution in [0.2, 0.25) is 0 Å². The zero-order valence-corrected chi connectivity index (χ0v) is 21.0. The number of allylic oxidation sites excluding steroid dienone is 1. The number of carbonyl (C=O) groups excluding carboxylic acids is 1. The zero-order chi connectivity index (χ0) is 25.8. The van der Waals surface area contributed by atoms with Gasteiger partial charge in [0.2, 0.25) is 5.95 Å². The standard InChI is InChI=1S/C29H28N4O4/c1-19-8-7-11-22(14-19)17-36-24-13-12-23(15-25(24)35-3)27-26(20(2)32-29-30-18-31-33(27)29)28(34)37-16-21-9-5-4-6-10-21/h4-15,18,27H,16-17H2,1-3H3,(H,30,31,32). The molecule has 2 heterocycles. The first-order valence-corrected chi connectivity index (χ1v) is 12.0. The predicted octanol–water partition coefficient (Wildman–Crippen LogP) is 5.21. The second-order valence-electron chi connectivity index (χ2n) is 8.84. The molecule has 0 saturated carbocycles. The molecular formula is C29H28N4O4. The molecule has 8 heteroatoms. The summed E-state index contributed by atoms with van der Waals surface area (Å²) in [6, 6.07) is 22.8. The van der Waals surface area contributed by atoms with E-state index in [9.17, 15) is 4.79 Å². The van der Waals surface area contributed by atoms with Crippen LogP contribution in [0.5, 0.6) is 11.5 Å². The molecule has 0 bridgehead atoms. The van der Waals surface area contributed by atoms with Crippen LogP contribution < -0.4 is 14.8 Å². The van der Waals surface area contributed by atoms with Crippen LogP contribution in [0, 0.1) is 6.92 Å². The fourth-order valence-corrected chi connectivity index (χ4v) is 4.40. The summed E-state index contributed by atoms with van der Waals surface area (Å²) in [6.07, 6.45) is 1.46. The number of rotatable bonds is 8. The number of hydrogen-bond donors (Lipinski definition) is 1. The minimum Gasteiger partial charge on any atom is -0.493 e. The minimum absolute atomic E-state index is 0.169. The van der Waals surface area contributed by atoms with Gasteiger partial charge in [-0.05, 0) is 42.7 Å². The van der Waals surface area contributed by atoms with E-state index in [2.05, 4.69) is 21.5 Å². The first-order chi connectivity index (χ1) is 18.0. The average molecular weight is 497 g/mol. The van der Waals surface area contributed by atoms with Gasteiger partial charge in [-0.3, -0.25) is 0 Å². The number of fused-ring (bicyclic) bond motifs is 1. The Morgan fingerprint density at radius 2 is 1.76 bits per heavy atom. The molecule has 1 atom stereocenters. The molecule has 0 radical (unpaired) electrons. The van der Waals surface area contributed by atoms with Crippen molar-refractivity contribution in [2.24, 2.45) is 0 Å². The lowest BCUT2D eigenvalue weighted by Gasteiger charge is -2.28. The van der Waals surface area contributed by atoms with E-state index in [1.807, 2.05) is 80.6 Å². The van der Waals surface area contributed by atoms with E-state index >= 15 is 0 Å². The third-order valence-electron chi connectivity index (χ3n) is 6.21. The van der Waals surface area contributed by atoms with Crippen LogP contribution in [0.15, 0.2) is 90.4 Å². The average Bonchev–Trinajstić information content (AvgIpc) is 3.38. The van der Waals surface area contributed by atoms with Gasteiger partial charge in [-0.2, -0.15) is 10.1 Å². The van der Waals surface area contributed by atoms with Crippen molar-refractivity contribution in [1.82, 2.24) is 14.8 Å². The van der Waals surface area contributed by atoms with Gasteiger partial charge in [0.25, 0.3) is 0 Å². The molecule has 5 rings (SSSR count). The topological polar surface area (TPSA) is 87.5 Å². The Morgan fingerprint density at radius 3 is 2.54 bits per heavy atom. The number of anilines is 1. The lowest BCUT2D eigenvalue weighted by molar-refractivity contribution is -0.140. The van der Waals surface area contributed by atoms with Gasteiger partial charge in [0.1, 0.15) is 25.6 Å². The number of nitrogens with zero attached hydrogens (tertiary/aromatic N) is 3. The number of aromatic nitrogens is 3. The zero-order valence-electron chi connectivity index (χ0n) is 21.0. The second-order valence-corrected chi connectivity index (χ2v) is 8.84. The first kappa shape index (κ1) is 24.1. The normalized spacial score (nSPS) is 14.5. The van der Waals surface area contributed by atoms with Crippen LogP contribution in [0.1, 0.15) is 35.2 Å². The van der Waals surface area contributed by atoms with Gasteiger partial charge in [-0.25, -0.2) is 9.48 Å². The Hall–Kier alpha value is -4.59. The summed E-state index contributed by atoms with van der Waals surface area (Å²) < 4.78 is 19.1. The van der Waals surface area contributed by atoms with Crippen molar-refractivity contribution in [1.29, 1.82) is 0 Å². The molecule has 4 aromatic rings. The number of hydrogen-bond acceptors (Lipinski definition) is 7. The molecular weight excluding hydrogens is 468 g/mol. The Bertz CT molecular complexity index is 1450. The molecule has 0 aliphatic carbocycles. The highest BCUT2D eigenvalue weighted by Crippen LogP contribution is 2.39. The second kappa shape index (κ2) is 10.6. The van der Waals surface area contributed by atoms with E-state index in [1.54, 1.807) is 11.8 Å². The van der Waals surface area contributed by atoms with Gasteiger partial charge in [0.15, 0.2) is 11.5 Å². The monoisotopic (exact) mass is 496 g/mol. The summed E-state index contributed by atoms with van der Waals surface area (Å²) in [5, 5.41) is 7.56. The molecule has 0 saturated heterocycles. The smallest absolute Gasteiger partial charge is 0.338 e. The van der Waals surface area contributed by atoms with Gasteiger partial charge < -0.3 is 19.5 Å². The predicted molar refractivity (Wildman–Crippen MR) is 139 cm³/mol. The van der Waals surface area contributed by atoms with Gasteiger partial charge in [0, 0.05) is 5.70 Å². The summed E-state index contributed by atoms with van der Waals surface area (Å²) in [6.45, 7) is 4.46. The quantitative estimate of drug-likeness (QED) is 0.335. The molecule has 1 unspecified atom stereocenters. The van der Waals surface area contributed by atoms with Crippen molar-refractivity contribution in [3.05, 3.63) is 113 Å². The summed E-state index contributed by atoms with van der Waals surface area (Å²) in [4.78, 5) is 17.7. The molecule has 3 aromatic carbocycles. The van der Waals surface area contributed by atoms with E-state index in [4.69, 9.17) is 14.2 Å². The number of esters is 1. The van der Waals surface area contributed by atoms with E-state index in [0.29, 0.717) is 35.3 Å². The van der Waals surface area contributed by atoms with Crippen molar-refractivity contribution < 1.29 is 19.0 Å². The van der Waals surface area contributed by atoms with Crippen LogP contribution in [-0.2, 0) is 22.7 Å². The lowest BCUT2D eigenvalue weighted by Crippen LogP contribution is -2.29. The molecule has 37 heavy (non-hydrogen) atoms. The fraction of sp³-hybridized carbons (Fsp3) is 0.207. The van der Waals surface area contributed by atoms with E-state index < -0.39 is 12.0 Å². The number of methoxy groups -OCH3 is 1. The lowest BCUT2D eigenvalue weighted by atomic mass is 9.95. The molecule has 1 aromatic heterocycles. The van der Waals surface area contributed by atoms with E-state index in [-0.39, 0.29) is 6.61 Å². The Kier molecular flexibility index (Phi) is 6.89. The molecule has 0 amide bonds. The van der Waals surface area contributed by atoms with Crippen LogP contribution in [0.3, 0.4) is 0 Å². The summed E-state index contributed by atoms with van der Waals surface area (Å²) in [5.74, 6) is 1.27. The van der Waals surface area contributed by atoms with Gasteiger partial charge in [-0.1, -0.05) is 66.2 Å². The van der Waals surface area contributed by atoms with Crippen molar-refractivity contribution in [2.75, 3.05) is 12.4 Å². The third kappa shape index (κ3) is 5.18. The molecule has 0 spiro atoms. The van der Waals surface area contributed by atoms with Crippen molar-refractivity contribution in [3.8, 4) is 11.5 Å². The largest absolute Gasteiger partial charge is 0.493 e. The summed E-state index contributed by atoms with van der Waals surface area (Å²) in [5.41, 5.74) is 5.05. The number of benzene rings is 3. The molecule has 0 fully saturated rings. The Morgan fingerprint density at radius 1 is 0.946 bits per heavy atom. The maximum Gasteiger partial charge on any atom is 0.338 e. The minimum atomic E-state index is -0.554. The van der Waals surface area contributed by atoms with E-state index in [1.165, 1.54) is 11.9 Å². The van der Waals surface area contributed by atoms with Crippen LogP contribution >= 0.6 is 0 Å². The van der Waals surface area contributed by atoms with Gasteiger partial charge in [-0.15, -0.1) is 0 Å². The third-order valence-corrected chi connectivity index (χ3v) is 6.21. The van der Waals surface area contributed by atoms with Crippen molar-refractivity contribution >= 4 is 11.9 Å². The van der Waals surface area contributed by atoms with E-state index in [0.717, 1.165) is 16.7 Å².